The summed E-state index contributed by atoms with van der Waals surface area (Å²) < 4.78 is 18.5. The average Bonchev–Trinajstić information content (AvgIpc) is 2.29. The normalized spacial score (nSPS) is 22.2. The number of ether oxygens (including phenoxy) is 1. The Bertz CT molecular complexity index is 351. The Morgan fingerprint density at radius 2 is 2.44 bits per heavy atom. The molecule has 0 aliphatic carbocycles. The van der Waals surface area contributed by atoms with Gasteiger partial charge in [0.1, 0.15) is 5.82 Å². The van der Waals surface area contributed by atoms with E-state index in [4.69, 9.17) is 4.74 Å². The Hall–Kier alpha value is -0.520. The first-order chi connectivity index (χ1) is 7.78. The number of morpholine rings is 1. The maximum Gasteiger partial charge on any atom is 0.141 e. The zero-order valence-corrected chi connectivity index (χ0v) is 10.5. The van der Waals surface area contributed by atoms with Crippen molar-refractivity contribution in [2.24, 2.45) is 0 Å². The van der Waals surface area contributed by atoms with Crippen molar-refractivity contribution in [3.8, 4) is 0 Å². The van der Waals surface area contributed by atoms with Crippen molar-refractivity contribution < 1.29 is 9.13 Å². The van der Waals surface area contributed by atoms with Gasteiger partial charge in [-0.2, -0.15) is 0 Å². The Morgan fingerprint density at radius 3 is 3.19 bits per heavy atom. The summed E-state index contributed by atoms with van der Waals surface area (Å²) >= 11 is 3.41. The largest absolute Gasteiger partial charge is 0.375 e. The van der Waals surface area contributed by atoms with E-state index in [1.807, 2.05) is 0 Å². The topological polar surface area (TPSA) is 25.4 Å². The minimum atomic E-state index is -0.275. The lowest BCUT2D eigenvalue weighted by atomic mass is 10.2. The van der Waals surface area contributed by atoms with Crippen LogP contribution in [0.3, 0.4) is 0 Å². The summed E-state index contributed by atoms with van der Waals surface area (Å²) in [5.74, 6) is -0.275. The van der Waals surface area contributed by atoms with Crippen LogP contribution in [0.1, 0.15) is 5.56 Å². The summed E-state index contributed by atoms with van der Waals surface area (Å²) in [6.45, 7) is 3.23. The monoisotopic (exact) mass is 288 g/mol. The lowest BCUT2D eigenvalue weighted by Gasteiger charge is -2.31. The first kappa shape index (κ1) is 12.0. The maximum absolute atomic E-state index is 13.0. The van der Waals surface area contributed by atoms with Gasteiger partial charge in [0.15, 0.2) is 0 Å². The number of pyridine rings is 1. The zero-order valence-electron chi connectivity index (χ0n) is 8.90. The molecule has 1 aromatic heterocycles. The molecule has 1 unspecified atom stereocenters. The third-order valence-corrected chi connectivity index (χ3v) is 3.28. The van der Waals surface area contributed by atoms with E-state index in [1.165, 1.54) is 12.3 Å². The molecular weight excluding hydrogens is 275 g/mol. The second-order valence-corrected chi connectivity index (χ2v) is 4.54. The van der Waals surface area contributed by atoms with E-state index < -0.39 is 0 Å². The molecule has 3 nitrogen and oxygen atoms in total. The molecule has 1 aliphatic heterocycles. The molecule has 0 saturated carbocycles. The van der Waals surface area contributed by atoms with Gasteiger partial charge >= 0.3 is 0 Å². The molecule has 0 spiro atoms. The highest BCUT2D eigenvalue weighted by Crippen LogP contribution is 2.11. The van der Waals surface area contributed by atoms with Gasteiger partial charge in [-0.25, -0.2) is 4.39 Å². The summed E-state index contributed by atoms with van der Waals surface area (Å²) in [5, 5.41) is 0.838. The van der Waals surface area contributed by atoms with Gasteiger partial charge < -0.3 is 4.74 Å². The number of rotatable bonds is 3. The summed E-state index contributed by atoms with van der Waals surface area (Å²) in [6, 6.07) is 1.53. The minimum Gasteiger partial charge on any atom is -0.375 e. The summed E-state index contributed by atoms with van der Waals surface area (Å²) in [7, 11) is 0. The van der Waals surface area contributed by atoms with Crippen LogP contribution in [0.25, 0.3) is 0 Å². The predicted octanol–water partition coefficient (Wildman–Crippen LogP) is 1.82. The molecule has 1 aliphatic rings. The third kappa shape index (κ3) is 3.23. The van der Waals surface area contributed by atoms with Crippen molar-refractivity contribution >= 4 is 15.9 Å². The molecule has 0 bridgehead atoms. The molecule has 0 radical (unpaired) electrons. The number of halogens is 2. The van der Waals surface area contributed by atoms with E-state index in [9.17, 15) is 4.39 Å². The Kier molecular flexibility index (Phi) is 4.26. The second-order valence-electron chi connectivity index (χ2n) is 3.89. The number of nitrogens with zero attached hydrogens (tertiary/aromatic N) is 2. The SMILES string of the molecule is Fc1cncc(CN2CCOC(CBr)C2)c1. The van der Waals surface area contributed by atoms with Gasteiger partial charge in [-0.3, -0.25) is 9.88 Å². The van der Waals surface area contributed by atoms with Crippen LogP contribution >= 0.6 is 15.9 Å². The van der Waals surface area contributed by atoms with Gasteiger partial charge in [-0.05, 0) is 11.6 Å². The van der Waals surface area contributed by atoms with Gasteiger partial charge in [0, 0.05) is 31.2 Å². The van der Waals surface area contributed by atoms with Crippen LogP contribution in [0.5, 0.6) is 0 Å². The predicted molar refractivity (Wildman–Crippen MR) is 63.0 cm³/mol. The Labute approximate surface area is 103 Å². The number of hydrogen-bond donors (Lipinski definition) is 0. The molecule has 2 heterocycles. The van der Waals surface area contributed by atoms with Crippen LogP contribution in [0, 0.1) is 5.82 Å². The molecule has 1 saturated heterocycles. The molecule has 1 fully saturated rings. The van der Waals surface area contributed by atoms with Crippen LogP contribution in [-0.4, -0.2) is 41.0 Å². The van der Waals surface area contributed by atoms with Gasteiger partial charge in [0.05, 0.1) is 18.9 Å². The number of hydrogen-bond acceptors (Lipinski definition) is 3. The minimum absolute atomic E-state index is 0.232. The van der Waals surface area contributed by atoms with Crippen LogP contribution in [-0.2, 0) is 11.3 Å². The van der Waals surface area contributed by atoms with Crippen molar-refractivity contribution in [2.75, 3.05) is 25.0 Å². The van der Waals surface area contributed by atoms with E-state index in [0.29, 0.717) is 0 Å². The highest BCUT2D eigenvalue weighted by atomic mass is 79.9. The van der Waals surface area contributed by atoms with Crippen LogP contribution < -0.4 is 0 Å². The smallest absolute Gasteiger partial charge is 0.141 e. The van der Waals surface area contributed by atoms with Gasteiger partial charge in [-0.1, -0.05) is 15.9 Å². The Balaban J connectivity index is 1.94. The van der Waals surface area contributed by atoms with Crippen LogP contribution in [0.15, 0.2) is 18.5 Å². The second kappa shape index (κ2) is 5.70. The van der Waals surface area contributed by atoms with Crippen molar-refractivity contribution in [1.29, 1.82) is 0 Å². The summed E-state index contributed by atoms with van der Waals surface area (Å²) in [6.07, 6.45) is 3.17. The third-order valence-electron chi connectivity index (χ3n) is 2.56. The number of aromatic nitrogens is 1. The fourth-order valence-corrected chi connectivity index (χ4v) is 2.21. The van der Waals surface area contributed by atoms with E-state index in [2.05, 4.69) is 25.8 Å². The molecule has 0 aromatic carbocycles. The Morgan fingerprint density at radius 1 is 1.56 bits per heavy atom. The number of alkyl halides is 1. The average molecular weight is 289 g/mol. The molecule has 1 atom stereocenters. The molecular formula is C11H14BrFN2O. The molecule has 0 N–H and O–H groups in total. The zero-order chi connectivity index (χ0) is 11.4. The van der Waals surface area contributed by atoms with Crippen LogP contribution in [0.4, 0.5) is 4.39 Å². The highest BCUT2D eigenvalue weighted by molar-refractivity contribution is 9.09. The van der Waals surface area contributed by atoms with Gasteiger partial charge in [0.25, 0.3) is 0 Å². The van der Waals surface area contributed by atoms with E-state index in [1.54, 1.807) is 6.20 Å². The lowest BCUT2D eigenvalue weighted by Crippen LogP contribution is -2.42. The van der Waals surface area contributed by atoms with E-state index in [-0.39, 0.29) is 11.9 Å². The standard InChI is InChI=1S/C11H14BrFN2O/c12-4-11-8-15(1-2-16-11)7-9-3-10(13)6-14-5-9/h3,5-6,11H,1-2,4,7-8H2. The van der Waals surface area contributed by atoms with Crippen molar-refractivity contribution in [1.82, 2.24) is 9.88 Å². The van der Waals surface area contributed by atoms with Crippen molar-refractivity contribution in [3.05, 3.63) is 29.8 Å². The molecule has 5 heteroatoms. The van der Waals surface area contributed by atoms with E-state index in [0.717, 1.165) is 37.1 Å². The molecule has 16 heavy (non-hydrogen) atoms. The maximum atomic E-state index is 13.0. The molecule has 88 valence electrons. The fourth-order valence-electron chi connectivity index (χ4n) is 1.82. The fraction of sp³-hybridized carbons (Fsp3) is 0.545. The summed E-state index contributed by atoms with van der Waals surface area (Å²) in [5.41, 5.74) is 0.912. The first-order valence-electron chi connectivity index (χ1n) is 5.27. The lowest BCUT2D eigenvalue weighted by molar-refractivity contribution is -0.0181. The summed E-state index contributed by atoms with van der Waals surface area (Å²) in [4.78, 5) is 6.10. The van der Waals surface area contributed by atoms with E-state index >= 15 is 0 Å². The van der Waals surface area contributed by atoms with Gasteiger partial charge in [0.2, 0.25) is 0 Å². The quantitative estimate of drug-likeness (QED) is 0.794. The van der Waals surface area contributed by atoms with Crippen LogP contribution in [0.2, 0.25) is 0 Å². The van der Waals surface area contributed by atoms with Crippen molar-refractivity contribution in [2.45, 2.75) is 12.6 Å². The van der Waals surface area contributed by atoms with Gasteiger partial charge in [-0.15, -0.1) is 0 Å². The van der Waals surface area contributed by atoms with Crippen molar-refractivity contribution in [3.63, 3.8) is 0 Å². The molecule has 0 amide bonds. The first-order valence-corrected chi connectivity index (χ1v) is 6.39. The molecule has 2 rings (SSSR count). The molecule has 1 aromatic rings. The highest BCUT2D eigenvalue weighted by Gasteiger charge is 2.19.